The molecule has 0 radical (unpaired) electrons. The van der Waals surface area contributed by atoms with E-state index in [2.05, 4.69) is 10.3 Å². The lowest BCUT2D eigenvalue weighted by atomic mass is 10.3. The molecule has 2 aromatic rings. The second-order valence-corrected chi connectivity index (χ2v) is 4.40. The largest absolute Gasteiger partial charge is 0.494 e. The van der Waals surface area contributed by atoms with Crippen LogP contribution in [0.3, 0.4) is 0 Å². The molecule has 7 heteroatoms. The van der Waals surface area contributed by atoms with Crippen LogP contribution in [0.1, 0.15) is 6.92 Å². The van der Waals surface area contributed by atoms with Crippen LogP contribution in [-0.2, 0) is 4.79 Å². The van der Waals surface area contributed by atoms with Crippen LogP contribution in [0.5, 0.6) is 5.75 Å². The third-order valence-electron chi connectivity index (χ3n) is 2.10. The molecule has 0 fully saturated rings. The lowest BCUT2D eigenvalue weighted by molar-refractivity contribution is -0.126. The number of nitrogens with one attached hydrogen (secondary N) is 1. The molecule has 1 amide bonds. The van der Waals surface area contributed by atoms with Crippen LogP contribution in [0.2, 0.25) is 0 Å². The average molecular weight is 272 g/mol. The first-order chi connectivity index (χ1) is 8.60. The van der Waals surface area contributed by atoms with Crippen molar-refractivity contribution in [1.82, 2.24) is 4.98 Å². The van der Waals surface area contributed by atoms with Crippen LogP contribution < -0.4 is 10.1 Å². The number of carbonyl (C=O) groups excluding carboxylic acids is 1. The first-order valence-electron chi connectivity index (χ1n) is 5.22. The second-order valence-electron chi connectivity index (χ2n) is 3.37. The van der Waals surface area contributed by atoms with Gasteiger partial charge in [-0.2, -0.15) is 8.78 Å². The molecule has 4 nitrogen and oxygen atoms in total. The Morgan fingerprint density at radius 2 is 2.33 bits per heavy atom. The van der Waals surface area contributed by atoms with Gasteiger partial charge >= 0.3 is 6.43 Å². The Bertz CT molecular complexity index is 571. The van der Waals surface area contributed by atoms with E-state index in [1.165, 1.54) is 0 Å². The quantitative estimate of drug-likeness (QED) is 0.931. The van der Waals surface area contributed by atoms with E-state index in [-0.39, 0.29) is 5.13 Å². The molecule has 0 bridgehead atoms. The number of nitrogens with zero attached hydrogens (tertiary/aromatic N) is 1. The maximum atomic E-state index is 12.1. The van der Waals surface area contributed by atoms with Crippen LogP contribution in [0, 0.1) is 0 Å². The fourth-order valence-corrected chi connectivity index (χ4v) is 2.27. The molecule has 0 aliphatic heterocycles. The van der Waals surface area contributed by atoms with Gasteiger partial charge in [-0.05, 0) is 25.1 Å². The fraction of sp³-hybridized carbons (Fsp3) is 0.273. The highest BCUT2D eigenvalue weighted by Crippen LogP contribution is 2.29. The van der Waals surface area contributed by atoms with E-state index < -0.39 is 12.3 Å². The third kappa shape index (κ3) is 2.73. The molecule has 1 N–H and O–H groups in total. The van der Waals surface area contributed by atoms with Crippen molar-refractivity contribution in [1.29, 1.82) is 0 Å². The Labute approximate surface area is 106 Å². The summed E-state index contributed by atoms with van der Waals surface area (Å²) >= 11 is 1.13. The van der Waals surface area contributed by atoms with Gasteiger partial charge in [0.2, 0.25) is 0 Å². The van der Waals surface area contributed by atoms with Gasteiger partial charge in [0.05, 0.1) is 16.8 Å². The monoisotopic (exact) mass is 272 g/mol. The zero-order valence-electron chi connectivity index (χ0n) is 9.44. The van der Waals surface area contributed by atoms with Crippen LogP contribution >= 0.6 is 11.3 Å². The molecule has 1 heterocycles. The Balaban J connectivity index is 2.24. The number of amides is 1. The van der Waals surface area contributed by atoms with Gasteiger partial charge in [0.25, 0.3) is 5.91 Å². The molecule has 2 rings (SSSR count). The summed E-state index contributed by atoms with van der Waals surface area (Å²) in [4.78, 5) is 14.9. The normalized spacial score (nSPS) is 10.9. The summed E-state index contributed by atoms with van der Waals surface area (Å²) in [6, 6.07) is 5.22. The van der Waals surface area contributed by atoms with Gasteiger partial charge in [-0.25, -0.2) is 4.98 Å². The van der Waals surface area contributed by atoms with Crippen molar-refractivity contribution >= 4 is 32.6 Å². The zero-order valence-corrected chi connectivity index (χ0v) is 10.3. The number of ether oxygens (including phenoxy) is 1. The number of aromatic nitrogens is 1. The molecule has 0 saturated heterocycles. The Morgan fingerprint density at radius 1 is 1.56 bits per heavy atom. The van der Waals surface area contributed by atoms with Gasteiger partial charge < -0.3 is 4.74 Å². The highest BCUT2D eigenvalue weighted by Gasteiger charge is 2.17. The number of alkyl halides is 2. The van der Waals surface area contributed by atoms with Crippen molar-refractivity contribution in [3.05, 3.63) is 18.2 Å². The van der Waals surface area contributed by atoms with Gasteiger partial charge in [-0.1, -0.05) is 11.3 Å². The molecule has 0 aliphatic rings. The van der Waals surface area contributed by atoms with E-state index >= 15 is 0 Å². The summed E-state index contributed by atoms with van der Waals surface area (Å²) in [6.07, 6.45) is -3.05. The van der Waals surface area contributed by atoms with Crippen molar-refractivity contribution in [3.63, 3.8) is 0 Å². The molecule has 0 unspecified atom stereocenters. The number of rotatable bonds is 4. The minimum atomic E-state index is -3.05. The molecule has 18 heavy (non-hydrogen) atoms. The molecule has 96 valence electrons. The van der Waals surface area contributed by atoms with E-state index in [4.69, 9.17) is 4.74 Å². The molecule has 1 aromatic carbocycles. The van der Waals surface area contributed by atoms with E-state index in [0.717, 1.165) is 16.0 Å². The fourth-order valence-electron chi connectivity index (χ4n) is 1.37. The maximum absolute atomic E-state index is 12.1. The van der Waals surface area contributed by atoms with Gasteiger partial charge in [0.1, 0.15) is 5.75 Å². The predicted molar refractivity (Wildman–Crippen MR) is 65.4 cm³/mol. The Hall–Kier alpha value is -1.76. The highest BCUT2D eigenvalue weighted by atomic mass is 32.1. The molecule has 0 atom stereocenters. The molecule has 0 aliphatic carbocycles. The SMILES string of the molecule is CCOc1ccc2nc(NC(=O)C(F)F)sc2c1. The first-order valence-corrected chi connectivity index (χ1v) is 6.04. The van der Waals surface area contributed by atoms with E-state index in [9.17, 15) is 13.6 Å². The van der Waals surface area contributed by atoms with Crippen molar-refractivity contribution in [2.24, 2.45) is 0 Å². The van der Waals surface area contributed by atoms with E-state index in [1.807, 2.05) is 6.92 Å². The summed E-state index contributed by atoms with van der Waals surface area (Å²) in [5.41, 5.74) is 0.632. The van der Waals surface area contributed by atoms with Crippen molar-refractivity contribution in [3.8, 4) is 5.75 Å². The summed E-state index contributed by atoms with van der Waals surface area (Å²) in [5, 5.41) is 2.22. The third-order valence-corrected chi connectivity index (χ3v) is 3.03. The molecular formula is C11H10F2N2O2S. The molecule has 0 saturated carbocycles. The van der Waals surface area contributed by atoms with Gasteiger partial charge in [-0.3, -0.25) is 10.1 Å². The van der Waals surface area contributed by atoms with Crippen LogP contribution in [0.25, 0.3) is 10.2 Å². The number of halogens is 2. The minimum absolute atomic E-state index is 0.156. The average Bonchev–Trinajstić information content (AvgIpc) is 2.70. The van der Waals surface area contributed by atoms with E-state index in [1.54, 1.807) is 18.2 Å². The van der Waals surface area contributed by atoms with Crippen LogP contribution in [0.4, 0.5) is 13.9 Å². The Morgan fingerprint density at radius 3 is 3.00 bits per heavy atom. The van der Waals surface area contributed by atoms with Crippen molar-refractivity contribution in [2.45, 2.75) is 13.3 Å². The van der Waals surface area contributed by atoms with Gasteiger partial charge in [0, 0.05) is 0 Å². The summed E-state index contributed by atoms with van der Waals surface area (Å²) in [5.74, 6) is -0.667. The molecular weight excluding hydrogens is 262 g/mol. The van der Waals surface area contributed by atoms with E-state index in [0.29, 0.717) is 17.9 Å². The molecule has 1 aromatic heterocycles. The van der Waals surface area contributed by atoms with Gasteiger partial charge in [-0.15, -0.1) is 0 Å². The van der Waals surface area contributed by atoms with Crippen LogP contribution in [-0.4, -0.2) is 23.9 Å². The summed E-state index contributed by atoms with van der Waals surface area (Å²) < 4.78 is 30.2. The number of fused-ring (bicyclic) bond motifs is 1. The Kier molecular flexibility index (Phi) is 3.71. The first kappa shape index (κ1) is 12.7. The number of thiazole rings is 1. The smallest absolute Gasteiger partial charge is 0.315 e. The van der Waals surface area contributed by atoms with Gasteiger partial charge in [0.15, 0.2) is 5.13 Å². The maximum Gasteiger partial charge on any atom is 0.315 e. The predicted octanol–water partition coefficient (Wildman–Crippen LogP) is 2.90. The minimum Gasteiger partial charge on any atom is -0.494 e. The summed E-state index contributed by atoms with van der Waals surface area (Å²) in [7, 11) is 0. The number of benzene rings is 1. The second kappa shape index (κ2) is 5.26. The topological polar surface area (TPSA) is 51.2 Å². The zero-order chi connectivity index (χ0) is 13.1. The number of anilines is 1. The summed E-state index contributed by atoms with van der Waals surface area (Å²) in [6.45, 7) is 2.41. The lowest BCUT2D eigenvalue weighted by Crippen LogP contribution is -2.19. The number of hydrogen-bond donors (Lipinski definition) is 1. The number of hydrogen-bond acceptors (Lipinski definition) is 4. The van der Waals surface area contributed by atoms with Crippen molar-refractivity contribution < 1.29 is 18.3 Å². The standard InChI is InChI=1S/C11H10F2N2O2S/c1-2-17-6-3-4-7-8(5-6)18-11(14-7)15-10(16)9(12)13/h3-5,9H,2H2,1H3,(H,14,15,16). The van der Waals surface area contributed by atoms with Crippen molar-refractivity contribution in [2.75, 3.05) is 11.9 Å². The molecule has 0 spiro atoms. The highest BCUT2D eigenvalue weighted by molar-refractivity contribution is 7.22. The number of carbonyl (C=O) groups is 1. The lowest BCUT2D eigenvalue weighted by Gasteiger charge is -2.00. The van der Waals surface area contributed by atoms with Crippen LogP contribution in [0.15, 0.2) is 18.2 Å².